The summed E-state index contributed by atoms with van der Waals surface area (Å²) in [6.07, 6.45) is -1.20. The standard InChI is InChI=1S/C24H21Cl3N4O4S/c1-35-18-11-12-19(20(14-18)31(33)34)28-23(36)30-22(24(25,26)27)29-21(32)13-15-7-9-17(10-8-15)16-5-3-2-4-6-16/h2-12,14,22H,13H2,1H3,(H,29,32)(H2,28,30,36). The van der Waals surface area contributed by atoms with Crippen LogP contribution in [-0.4, -0.2) is 33.0 Å². The van der Waals surface area contributed by atoms with Gasteiger partial charge in [-0.3, -0.25) is 14.9 Å². The lowest BCUT2D eigenvalue weighted by Crippen LogP contribution is -2.56. The number of thiocarbonyl (C=S) groups is 1. The molecule has 36 heavy (non-hydrogen) atoms. The van der Waals surface area contributed by atoms with Crippen molar-refractivity contribution in [2.75, 3.05) is 12.4 Å². The summed E-state index contributed by atoms with van der Waals surface area (Å²) in [7, 11) is 1.39. The van der Waals surface area contributed by atoms with E-state index in [2.05, 4.69) is 16.0 Å². The van der Waals surface area contributed by atoms with Gasteiger partial charge in [0.15, 0.2) is 5.11 Å². The molecule has 0 fully saturated rings. The van der Waals surface area contributed by atoms with Crippen LogP contribution in [0.3, 0.4) is 0 Å². The number of nitro groups is 1. The fourth-order valence-corrected chi connectivity index (χ4v) is 3.78. The molecule has 3 aromatic rings. The van der Waals surface area contributed by atoms with E-state index in [0.717, 1.165) is 16.7 Å². The highest BCUT2D eigenvalue weighted by Crippen LogP contribution is 2.31. The monoisotopic (exact) mass is 566 g/mol. The summed E-state index contributed by atoms with van der Waals surface area (Å²) in [6, 6.07) is 21.5. The number of rotatable bonds is 8. The van der Waals surface area contributed by atoms with Crippen LogP contribution in [0.25, 0.3) is 11.1 Å². The molecular formula is C24H21Cl3N4O4S. The smallest absolute Gasteiger partial charge is 0.296 e. The largest absolute Gasteiger partial charge is 0.496 e. The Morgan fingerprint density at radius 3 is 2.25 bits per heavy atom. The van der Waals surface area contributed by atoms with E-state index in [9.17, 15) is 14.9 Å². The van der Waals surface area contributed by atoms with Crippen molar-refractivity contribution in [1.29, 1.82) is 0 Å². The summed E-state index contributed by atoms with van der Waals surface area (Å²) in [4.78, 5) is 23.5. The molecule has 1 unspecified atom stereocenters. The van der Waals surface area contributed by atoms with Crippen LogP contribution in [0.2, 0.25) is 0 Å². The van der Waals surface area contributed by atoms with Crippen LogP contribution in [0.4, 0.5) is 11.4 Å². The molecule has 0 heterocycles. The number of amides is 1. The normalized spacial score (nSPS) is 11.8. The Morgan fingerprint density at radius 1 is 1.03 bits per heavy atom. The number of alkyl halides is 3. The second-order valence-corrected chi connectivity index (χ2v) is 10.3. The van der Waals surface area contributed by atoms with Crippen molar-refractivity contribution in [3.8, 4) is 16.9 Å². The number of hydrogen-bond acceptors (Lipinski definition) is 5. The number of halogens is 3. The maximum Gasteiger partial charge on any atom is 0.296 e. The van der Waals surface area contributed by atoms with Crippen LogP contribution >= 0.6 is 47.0 Å². The molecule has 0 saturated heterocycles. The number of nitrogens with one attached hydrogen (secondary N) is 3. The number of hydrogen-bond donors (Lipinski definition) is 3. The van der Waals surface area contributed by atoms with Crippen LogP contribution in [0.1, 0.15) is 5.56 Å². The quantitative estimate of drug-likeness (QED) is 0.107. The predicted octanol–water partition coefficient (Wildman–Crippen LogP) is 5.61. The van der Waals surface area contributed by atoms with Crippen molar-refractivity contribution < 1.29 is 14.5 Å². The first-order valence-electron chi connectivity index (χ1n) is 10.5. The van der Waals surface area contributed by atoms with Gasteiger partial charge in [0.2, 0.25) is 9.70 Å². The SMILES string of the molecule is COc1ccc(NC(=S)NC(NC(=O)Cc2ccc(-c3ccccc3)cc2)C(Cl)(Cl)Cl)c([N+](=O)[O-])c1. The van der Waals surface area contributed by atoms with Gasteiger partial charge in [-0.05, 0) is 41.0 Å². The van der Waals surface area contributed by atoms with Crippen molar-refractivity contribution in [2.45, 2.75) is 16.4 Å². The highest BCUT2D eigenvalue weighted by Gasteiger charge is 2.35. The first kappa shape index (κ1) is 27.5. The molecule has 0 aliphatic carbocycles. The van der Waals surface area contributed by atoms with Gasteiger partial charge < -0.3 is 20.7 Å². The van der Waals surface area contributed by atoms with Gasteiger partial charge in [0.05, 0.1) is 24.5 Å². The van der Waals surface area contributed by atoms with E-state index in [4.69, 9.17) is 51.8 Å². The Hall–Kier alpha value is -3.11. The summed E-state index contributed by atoms with van der Waals surface area (Å²) < 4.78 is 3.03. The lowest BCUT2D eigenvalue weighted by Gasteiger charge is -2.27. The van der Waals surface area contributed by atoms with Crippen LogP contribution in [-0.2, 0) is 11.2 Å². The third-order valence-corrected chi connectivity index (χ3v) is 5.86. The molecule has 1 amide bonds. The Morgan fingerprint density at radius 2 is 1.67 bits per heavy atom. The van der Waals surface area contributed by atoms with Crippen molar-refractivity contribution in [2.24, 2.45) is 0 Å². The van der Waals surface area contributed by atoms with Crippen LogP contribution < -0.4 is 20.7 Å². The molecule has 0 bridgehead atoms. The Labute approximate surface area is 228 Å². The Balaban J connectivity index is 1.65. The maximum atomic E-state index is 12.7. The van der Waals surface area contributed by atoms with Gasteiger partial charge in [0.25, 0.3) is 5.69 Å². The summed E-state index contributed by atoms with van der Waals surface area (Å²) in [6.45, 7) is 0. The molecule has 0 aliphatic rings. The number of benzene rings is 3. The van der Waals surface area contributed by atoms with Gasteiger partial charge in [-0.15, -0.1) is 0 Å². The number of ether oxygens (including phenoxy) is 1. The third-order valence-electron chi connectivity index (χ3n) is 4.98. The van der Waals surface area contributed by atoms with Crippen molar-refractivity contribution in [1.82, 2.24) is 10.6 Å². The molecule has 0 aromatic heterocycles. The van der Waals surface area contributed by atoms with Crippen LogP contribution in [0.15, 0.2) is 72.8 Å². The highest BCUT2D eigenvalue weighted by molar-refractivity contribution is 7.80. The number of carbonyl (C=O) groups excluding carboxylic acids is 1. The molecule has 3 aromatic carbocycles. The van der Waals surface area contributed by atoms with Crippen LogP contribution in [0.5, 0.6) is 5.75 Å². The minimum absolute atomic E-state index is 0.0259. The van der Waals surface area contributed by atoms with Crippen molar-refractivity contribution in [3.05, 3.63) is 88.5 Å². The zero-order valence-corrected chi connectivity index (χ0v) is 21.9. The molecule has 0 saturated carbocycles. The highest BCUT2D eigenvalue weighted by atomic mass is 35.6. The summed E-state index contributed by atoms with van der Waals surface area (Å²) in [5, 5.41) is 19.3. The van der Waals surface area contributed by atoms with E-state index in [1.54, 1.807) is 0 Å². The van der Waals surface area contributed by atoms with E-state index in [1.807, 2.05) is 54.6 Å². The first-order chi connectivity index (χ1) is 17.1. The second-order valence-electron chi connectivity index (χ2n) is 7.52. The fraction of sp³-hybridized carbons (Fsp3) is 0.167. The number of anilines is 1. The number of methoxy groups -OCH3 is 1. The van der Waals surface area contributed by atoms with Crippen LogP contribution in [0, 0.1) is 10.1 Å². The van der Waals surface area contributed by atoms with E-state index in [0.29, 0.717) is 5.75 Å². The first-order valence-corrected chi connectivity index (χ1v) is 12.0. The number of carbonyl (C=O) groups is 1. The van der Waals surface area contributed by atoms with Gasteiger partial charge in [-0.2, -0.15) is 0 Å². The topological polar surface area (TPSA) is 106 Å². The van der Waals surface area contributed by atoms with Crippen molar-refractivity contribution >= 4 is 69.4 Å². The lowest BCUT2D eigenvalue weighted by molar-refractivity contribution is -0.384. The van der Waals surface area contributed by atoms with Gasteiger partial charge >= 0.3 is 0 Å². The molecule has 1 atom stereocenters. The van der Waals surface area contributed by atoms with Gasteiger partial charge in [-0.1, -0.05) is 89.4 Å². The molecule has 188 valence electrons. The molecule has 0 radical (unpaired) electrons. The summed E-state index contributed by atoms with van der Waals surface area (Å²) in [5.41, 5.74) is 2.65. The zero-order valence-electron chi connectivity index (χ0n) is 18.8. The molecule has 0 spiro atoms. The van der Waals surface area contributed by atoms with Gasteiger partial charge in [-0.25, -0.2) is 0 Å². The molecule has 8 nitrogen and oxygen atoms in total. The van der Waals surface area contributed by atoms with E-state index in [1.165, 1.54) is 25.3 Å². The Kier molecular flexibility index (Phi) is 9.33. The number of nitrogens with zero attached hydrogens (tertiary/aromatic N) is 1. The Bertz CT molecular complexity index is 1240. The second kappa shape index (κ2) is 12.2. The minimum Gasteiger partial charge on any atom is -0.496 e. The molecule has 0 aliphatic heterocycles. The summed E-state index contributed by atoms with van der Waals surface area (Å²) in [5.74, 6) is -0.126. The number of nitro benzene ring substituents is 1. The lowest BCUT2D eigenvalue weighted by atomic mass is 10.0. The predicted molar refractivity (Wildman–Crippen MR) is 147 cm³/mol. The van der Waals surface area contributed by atoms with Gasteiger partial charge in [0, 0.05) is 0 Å². The summed E-state index contributed by atoms with van der Waals surface area (Å²) >= 11 is 23.4. The fourth-order valence-electron chi connectivity index (χ4n) is 3.23. The maximum absolute atomic E-state index is 12.7. The average molecular weight is 568 g/mol. The van der Waals surface area contributed by atoms with E-state index < -0.39 is 20.8 Å². The average Bonchev–Trinajstić information content (AvgIpc) is 2.84. The van der Waals surface area contributed by atoms with Gasteiger partial charge in [0.1, 0.15) is 17.6 Å². The van der Waals surface area contributed by atoms with E-state index >= 15 is 0 Å². The molecule has 12 heteroatoms. The molecule has 3 rings (SSSR count). The molecular weight excluding hydrogens is 547 g/mol. The third kappa shape index (κ3) is 7.69. The molecule has 3 N–H and O–H groups in total. The zero-order chi connectivity index (χ0) is 26.3. The van der Waals surface area contributed by atoms with Crippen molar-refractivity contribution in [3.63, 3.8) is 0 Å². The van der Waals surface area contributed by atoms with E-state index in [-0.39, 0.29) is 22.9 Å². The minimum atomic E-state index is -1.98.